The standard InChI is InChI=1S/C27H19NO2/c1-16-7-6-9-18(15-16)24-22-23(27(30)21-12-5-4-11-20(21)26(22)29)25-19-10-3-2-8-17(19)13-14-28(24)25/h2-12,15H,13-14H2,1H3. The van der Waals surface area contributed by atoms with Gasteiger partial charge in [-0.1, -0.05) is 72.3 Å². The van der Waals surface area contributed by atoms with Gasteiger partial charge in [0.05, 0.1) is 22.5 Å². The number of carbonyl (C=O) groups is 2. The number of hydrogen-bond acceptors (Lipinski definition) is 2. The van der Waals surface area contributed by atoms with Gasteiger partial charge in [-0.3, -0.25) is 9.59 Å². The van der Waals surface area contributed by atoms with Crippen molar-refractivity contribution in [2.45, 2.75) is 19.9 Å². The van der Waals surface area contributed by atoms with Gasteiger partial charge in [-0.15, -0.1) is 0 Å². The van der Waals surface area contributed by atoms with Crippen LogP contribution in [-0.2, 0) is 13.0 Å². The second-order valence-electron chi connectivity index (χ2n) is 8.08. The van der Waals surface area contributed by atoms with Gasteiger partial charge in [0, 0.05) is 23.2 Å². The molecule has 1 aliphatic heterocycles. The van der Waals surface area contributed by atoms with Crippen LogP contribution in [0.25, 0.3) is 22.5 Å². The molecule has 2 aliphatic rings. The summed E-state index contributed by atoms with van der Waals surface area (Å²) in [4.78, 5) is 27.4. The molecule has 2 heterocycles. The number of fused-ring (bicyclic) bond motifs is 6. The molecule has 3 heteroatoms. The first-order chi connectivity index (χ1) is 14.6. The monoisotopic (exact) mass is 389 g/mol. The Hall–Kier alpha value is -3.72. The molecule has 0 saturated carbocycles. The minimum absolute atomic E-state index is 0.0560. The molecule has 144 valence electrons. The normalized spacial score (nSPS) is 14.0. The zero-order valence-corrected chi connectivity index (χ0v) is 16.6. The Bertz CT molecular complexity index is 1390. The van der Waals surface area contributed by atoms with Crippen molar-refractivity contribution < 1.29 is 9.59 Å². The molecule has 30 heavy (non-hydrogen) atoms. The number of hydrogen-bond donors (Lipinski definition) is 0. The summed E-state index contributed by atoms with van der Waals surface area (Å²) in [7, 11) is 0. The highest BCUT2D eigenvalue weighted by Gasteiger charge is 2.39. The van der Waals surface area contributed by atoms with Crippen LogP contribution >= 0.6 is 0 Å². The Labute approximate surface area is 174 Å². The van der Waals surface area contributed by atoms with Gasteiger partial charge in [-0.25, -0.2) is 0 Å². The smallest absolute Gasteiger partial charge is 0.196 e. The van der Waals surface area contributed by atoms with E-state index in [-0.39, 0.29) is 11.6 Å². The molecular weight excluding hydrogens is 370 g/mol. The number of ketones is 2. The lowest BCUT2D eigenvalue weighted by Crippen LogP contribution is -2.20. The van der Waals surface area contributed by atoms with Crippen molar-refractivity contribution in [3.05, 3.63) is 106 Å². The maximum atomic E-state index is 13.7. The summed E-state index contributed by atoms with van der Waals surface area (Å²) in [6, 6.07) is 23.6. The Balaban J connectivity index is 1.76. The summed E-state index contributed by atoms with van der Waals surface area (Å²) in [5, 5.41) is 0. The first-order valence-corrected chi connectivity index (χ1v) is 10.3. The summed E-state index contributed by atoms with van der Waals surface area (Å²) in [5.41, 5.74) is 8.25. The third-order valence-electron chi connectivity index (χ3n) is 6.30. The van der Waals surface area contributed by atoms with Crippen molar-refractivity contribution >= 4 is 11.6 Å². The van der Waals surface area contributed by atoms with E-state index < -0.39 is 0 Å². The van der Waals surface area contributed by atoms with Crippen molar-refractivity contribution in [3.63, 3.8) is 0 Å². The molecule has 3 aromatic carbocycles. The van der Waals surface area contributed by atoms with Crippen molar-refractivity contribution in [3.8, 4) is 22.5 Å². The first kappa shape index (κ1) is 17.2. The molecule has 0 bridgehead atoms. The summed E-state index contributed by atoms with van der Waals surface area (Å²) in [6.45, 7) is 2.80. The van der Waals surface area contributed by atoms with E-state index in [9.17, 15) is 9.59 Å². The summed E-state index contributed by atoms with van der Waals surface area (Å²) >= 11 is 0. The number of aromatic nitrogens is 1. The highest BCUT2D eigenvalue weighted by Crippen LogP contribution is 2.45. The fourth-order valence-electron chi connectivity index (χ4n) is 5.01. The Kier molecular flexibility index (Phi) is 3.51. The van der Waals surface area contributed by atoms with Crippen LogP contribution < -0.4 is 0 Å². The van der Waals surface area contributed by atoms with Crippen LogP contribution in [0, 0.1) is 6.92 Å². The maximum Gasteiger partial charge on any atom is 0.196 e. The van der Waals surface area contributed by atoms with Gasteiger partial charge in [0.2, 0.25) is 0 Å². The Morgan fingerprint density at radius 3 is 2.03 bits per heavy atom. The molecule has 0 fully saturated rings. The van der Waals surface area contributed by atoms with Gasteiger partial charge in [0.1, 0.15) is 0 Å². The van der Waals surface area contributed by atoms with E-state index in [1.165, 1.54) is 5.56 Å². The van der Waals surface area contributed by atoms with Crippen LogP contribution in [0.1, 0.15) is 43.0 Å². The van der Waals surface area contributed by atoms with Crippen molar-refractivity contribution in [2.24, 2.45) is 0 Å². The Morgan fingerprint density at radius 1 is 0.700 bits per heavy atom. The van der Waals surface area contributed by atoms with Gasteiger partial charge in [-0.2, -0.15) is 0 Å². The van der Waals surface area contributed by atoms with Crippen LogP contribution in [0.5, 0.6) is 0 Å². The van der Waals surface area contributed by atoms with Gasteiger partial charge >= 0.3 is 0 Å². The quantitative estimate of drug-likeness (QED) is 0.382. The van der Waals surface area contributed by atoms with Gasteiger partial charge in [0.25, 0.3) is 0 Å². The lowest BCUT2D eigenvalue weighted by molar-refractivity contribution is 0.0981. The number of benzene rings is 3. The third-order valence-corrected chi connectivity index (χ3v) is 6.30. The number of aryl methyl sites for hydroxylation is 2. The van der Waals surface area contributed by atoms with E-state index in [0.717, 1.165) is 41.0 Å². The molecular formula is C27H19NO2. The molecule has 0 saturated heterocycles. The minimum Gasteiger partial charge on any atom is -0.339 e. The predicted octanol–water partition coefficient (Wildman–Crippen LogP) is 5.46. The van der Waals surface area contributed by atoms with Gasteiger partial charge < -0.3 is 4.57 Å². The van der Waals surface area contributed by atoms with Crippen LogP contribution in [0.15, 0.2) is 72.8 Å². The van der Waals surface area contributed by atoms with Crippen molar-refractivity contribution in [1.29, 1.82) is 0 Å². The highest BCUT2D eigenvalue weighted by atomic mass is 16.1. The molecule has 0 unspecified atom stereocenters. The summed E-state index contributed by atoms with van der Waals surface area (Å²) in [6.07, 6.45) is 0.880. The van der Waals surface area contributed by atoms with Crippen molar-refractivity contribution in [1.82, 2.24) is 4.57 Å². The van der Waals surface area contributed by atoms with Gasteiger partial charge in [-0.05, 0) is 30.5 Å². The topological polar surface area (TPSA) is 39.1 Å². The van der Waals surface area contributed by atoms with E-state index in [1.807, 2.05) is 49.4 Å². The van der Waals surface area contributed by atoms with Crippen molar-refractivity contribution in [2.75, 3.05) is 0 Å². The van der Waals surface area contributed by atoms with Gasteiger partial charge in [0.15, 0.2) is 11.6 Å². The van der Waals surface area contributed by atoms with E-state index in [1.54, 1.807) is 12.1 Å². The molecule has 0 N–H and O–H groups in total. The average molecular weight is 389 g/mol. The van der Waals surface area contributed by atoms with E-state index in [2.05, 4.69) is 22.8 Å². The zero-order valence-electron chi connectivity index (χ0n) is 16.6. The van der Waals surface area contributed by atoms with E-state index >= 15 is 0 Å². The summed E-state index contributed by atoms with van der Waals surface area (Å²) < 4.78 is 2.20. The number of rotatable bonds is 1. The molecule has 3 nitrogen and oxygen atoms in total. The maximum absolute atomic E-state index is 13.7. The molecule has 1 aliphatic carbocycles. The minimum atomic E-state index is -0.0592. The second kappa shape index (κ2) is 6.14. The molecule has 1 aromatic heterocycles. The fourth-order valence-corrected chi connectivity index (χ4v) is 5.01. The largest absolute Gasteiger partial charge is 0.339 e. The third kappa shape index (κ3) is 2.20. The predicted molar refractivity (Wildman–Crippen MR) is 117 cm³/mol. The lowest BCUT2D eigenvalue weighted by atomic mass is 9.82. The number of carbonyl (C=O) groups excluding carboxylic acids is 2. The SMILES string of the molecule is Cc1cccc(-c2c3c(c4n2CCc2ccccc2-4)C(=O)c2ccccc2C3=O)c1. The first-order valence-electron chi connectivity index (χ1n) is 10.3. The molecule has 0 spiro atoms. The van der Waals surface area contributed by atoms with E-state index in [4.69, 9.17) is 0 Å². The lowest BCUT2D eigenvalue weighted by Gasteiger charge is -2.22. The highest BCUT2D eigenvalue weighted by molar-refractivity contribution is 6.32. The molecule has 4 aromatic rings. The molecule has 6 rings (SSSR count). The summed E-state index contributed by atoms with van der Waals surface area (Å²) in [5.74, 6) is -0.115. The number of nitrogens with zero attached hydrogens (tertiary/aromatic N) is 1. The molecule has 0 atom stereocenters. The molecule has 0 amide bonds. The zero-order chi connectivity index (χ0) is 20.4. The van der Waals surface area contributed by atoms with Crippen LogP contribution in [0.3, 0.4) is 0 Å². The van der Waals surface area contributed by atoms with Crippen LogP contribution in [0.2, 0.25) is 0 Å². The van der Waals surface area contributed by atoms with Crippen LogP contribution in [-0.4, -0.2) is 16.1 Å². The van der Waals surface area contributed by atoms with E-state index in [0.29, 0.717) is 22.3 Å². The Morgan fingerprint density at radius 2 is 1.33 bits per heavy atom. The molecule has 0 radical (unpaired) electrons. The fraction of sp³-hybridized carbons (Fsp3) is 0.111. The average Bonchev–Trinajstić information content (AvgIpc) is 3.14. The van der Waals surface area contributed by atoms with Crippen LogP contribution in [0.4, 0.5) is 0 Å². The second-order valence-corrected chi connectivity index (χ2v) is 8.08.